The number of nitrogens with zero attached hydrogens (tertiary/aromatic N) is 4. The topological polar surface area (TPSA) is 81.7 Å². The molecule has 6 heteroatoms. The maximum Gasteiger partial charge on any atom is 0.161 e. The number of nitrogens with two attached hydrogens (primary N) is 1. The van der Waals surface area contributed by atoms with Crippen LogP contribution in [0.1, 0.15) is 11.3 Å². The fraction of sp³-hybridized carbons (Fsp3) is 0.222. The standard InChI is InChI=1S/C9H12N6/c1-6-3-4-15(14-6)9-7(2)8(13-10)11-5-12-9/h3-5H,10H2,1-2H3,(H,11,12,13). The summed E-state index contributed by atoms with van der Waals surface area (Å²) in [7, 11) is 0. The lowest BCUT2D eigenvalue weighted by Gasteiger charge is -2.07. The molecule has 0 atom stereocenters. The normalized spacial score (nSPS) is 10.3. The summed E-state index contributed by atoms with van der Waals surface area (Å²) in [6.07, 6.45) is 3.31. The van der Waals surface area contributed by atoms with Gasteiger partial charge in [0.25, 0.3) is 0 Å². The van der Waals surface area contributed by atoms with Crippen LogP contribution in [0.5, 0.6) is 0 Å². The molecule has 0 aliphatic rings. The van der Waals surface area contributed by atoms with Crippen LogP contribution in [-0.4, -0.2) is 19.7 Å². The third kappa shape index (κ3) is 1.66. The highest BCUT2D eigenvalue weighted by atomic mass is 15.3. The van der Waals surface area contributed by atoms with Crippen LogP contribution >= 0.6 is 0 Å². The van der Waals surface area contributed by atoms with Gasteiger partial charge in [0.2, 0.25) is 0 Å². The number of nitrogens with one attached hydrogen (secondary N) is 1. The first-order chi connectivity index (χ1) is 7.22. The molecule has 3 N–H and O–H groups in total. The Labute approximate surface area is 87.1 Å². The SMILES string of the molecule is Cc1ccn(-c2ncnc(NN)c2C)n1. The average molecular weight is 204 g/mol. The summed E-state index contributed by atoms with van der Waals surface area (Å²) in [6.45, 7) is 3.82. The van der Waals surface area contributed by atoms with Crippen LogP contribution in [0, 0.1) is 13.8 Å². The Balaban J connectivity index is 2.53. The summed E-state index contributed by atoms with van der Waals surface area (Å²) in [5.41, 5.74) is 4.32. The molecule has 0 aliphatic carbocycles. The van der Waals surface area contributed by atoms with Crippen molar-refractivity contribution in [3.8, 4) is 5.82 Å². The summed E-state index contributed by atoms with van der Waals surface area (Å²) in [5.74, 6) is 6.67. The smallest absolute Gasteiger partial charge is 0.161 e. The van der Waals surface area contributed by atoms with Gasteiger partial charge in [0.05, 0.1) is 5.69 Å². The molecule has 78 valence electrons. The van der Waals surface area contributed by atoms with E-state index in [2.05, 4.69) is 20.5 Å². The summed E-state index contributed by atoms with van der Waals surface area (Å²) in [4.78, 5) is 8.17. The van der Waals surface area contributed by atoms with Gasteiger partial charge in [-0.15, -0.1) is 0 Å². The number of rotatable bonds is 2. The second kappa shape index (κ2) is 3.66. The Bertz CT molecular complexity index is 475. The van der Waals surface area contributed by atoms with Crippen LogP contribution in [0.4, 0.5) is 5.82 Å². The molecule has 15 heavy (non-hydrogen) atoms. The van der Waals surface area contributed by atoms with E-state index in [0.29, 0.717) is 5.82 Å². The number of aromatic nitrogens is 4. The van der Waals surface area contributed by atoms with Gasteiger partial charge in [-0.25, -0.2) is 20.5 Å². The predicted octanol–water partition coefficient (Wildman–Crippen LogP) is 0.565. The summed E-state index contributed by atoms with van der Waals surface area (Å²) in [5, 5.41) is 4.27. The molecule has 0 saturated carbocycles. The van der Waals surface area contributed by atoms with E-state index in [1.807, 2.05) is 26.1 Å². The van der Waals surface area contributed by atoms with E-state index in [1.165, 1.54) is 6.33 Å². The van der Waals surface area contributed by atoms with E-state index in [1.54, 1.807) is 4.68 Å². The Morgan fingerprint density at radius 3 is 2.73 bits per heavy atom. The van der Waals surface area contributed by atoms with E-state index in [-0.39, 0.29) is 0 Å². The van der Waals surface area contributed by atoms with Crippen molar-refractivity contribution in [2.24, 2.45) is 5.84 Å². The first kappa shape index (κ1) is 9.60. The van der Waals surface area contributed by atoms with Crippen LogP contribution in [0.25, 0.3) is 5.82 Å². The minimum Gasteiger partial charge on any atom is -0.308 e. The minimum atomic E-state index is 0.605. The van der Waals surface area contributed by atoms with Gasteiger partial charge in [-0.1, -0.05) is 0 Å². The first-order valence-electron chi connectivity index (χ1n) is 4.53. The molecule has 2 rings (SSSR count). The van der Waals surface area contributed by atoms with Crippen LogP contribution in [0.2, 0.25) is 0 Å². The molecule has 0 aromatic carbocycles. The molecular formula is C9H12N6. The molecule has 0 aliphatic heterocycles. The lowest BCUT2D eigenvalue weighted by atomic mass is 10.3. The van der Waals surface area contributed by atoms with Crippen molar-refractivity contribution in [1.29, 1.82) is 0 Å². The molecule has 0 spiro atoms. The van der Waals surface area contributed by atoms with Gasteiger partial charge in [0.1, 0.15) is 12.1 Å². The van der Waals surface area contributed by atoms with Crippen LogP contribution in [-0.2, 0) is 0 Å². The summed E-state index contributed by atoms with van der Waals surface area (Å²) in [6, 6.07) is 1.91. The molecule has 2 aromatic heterocycles. The van der Waals surface area contributed by atoms with Crippen molar-refractivity contribution >= 4 is 5.82 Å². The van der Waals surface area contributed by atoms with Gasteiger partial charge >= 0.3 is 0 Å². The van der Waals surface area contributed by atoms with Gasteiger partial charge in [0, 0.05) is 11.8 Å². The number of hydrogen-bond donors (Lipinski definition) is 2. The quantitative estimate of drug-likeness (QED) is 0.552. The molecule has 0 radical (unpaired) electrons. The molecule has 0 bridgehead atoms. The highest BCUT2D eigenvalue weighted by Crippen LogP contribution is 2.15. The predicted molar refractivity (Wildman–Crippen MR) is 56.4 cm³/mol. The van der Waals surface area contributed by atoms with E-state index in [4.69, 9.17) is 5.84 Å². The lowest BCUT2D eigenvalue weighted by Crippen LogP contribution is -2.13. The van der Waals surface area contributed by atoms with Crippen molar-refractivity contribution in [2.75, 3.05) is 5.43 Å². The van der Waals surface area contributed by atoms with E-state index in [9.17, 15) is 0 Å². The Morgan fingerprint density at radius 1 is 1.33 bits per heavy atom. The Morgan fingerprint density at radius 2 is 2.13 bits per heavy atom. The van der Waals surface area contributed by atoms with Gasteiger partial charge < -0.3 is 5.43 Å². The van der Waals surface area contributed by atoms with Crippen molar-refractivity contribution < 1.29 is 0 Å². The molecule has 0 amide bonds. The molecule has 0 unspecified atom stereocenters. The number of hydrazine groups is 1. The van der Waals surface area contributed by atoms with Crippen molar-refractivity contribution in [1.82, 2.24) is 19.7 Å². The van der Waals surface area contributed by atoms with E-state index in [0.717, 1.165) is 17.1 Å². The third-order valence-corrected chi connectivity index (χ3v) is 2.13. The molecular weight excluding hydrogens is 192 g/mol. The first-order valence-corrected chi connectivity index (χ1v) is 4.53. The molecule has 2 heterocycles. The zero-order valence-corrected chi connectivity index (χ0v) is 8.60. The second-order valence-corrected chi connectivity index (χ2v) is 3.22. The largest absolute Gasteiger partial charge is 0.308 e. The van der Waals surface area contributed by atoms with Crippen molar-refractivity contribution in [3.05, 3.63) is 29.8 Å². The minimum absolute atomic E-state index is 0.605. The highest BCUT2D eigenvalue weighted by Gasteiger charge is 2.08. The maximum atomic E-state index is 5.33. The maximum absolute atomic E-state index is 5.33. The van der Waals surface area contributed by atoms with Crippen LogP contribution in [0.3, 0.4) is 0 Å². The van der Waals surface area contributed by atoms with Gasteiger partial charge in [-0.3, -0.25) is 0 Å². The molecule has 2 aromatic rings. The van der Waals surface area contributed by atoms with E-state index >= 15 is 0 Å². The number of anilines is 1. The summed E-state index contributed by atoms with van der Waals surface area (Å²) < 4.78 is 1.70. The zero-order valence-electron chi connectivity index (χ0n) is 8.60. The second-order valence-electron chi connectivity index (χ2n) is 3.22. The van der Waals surface area contributed by atoms with Gasteiger partial charge in [-0.2, -0.15) is 5.10 Å². The van der Waals surface area contributed by atoms with Crippen LogP contribution in [0.15, 0.2) is 18.6 Å². The zero-order chi connectivity index (χ0) is 10.8. The van der Waals surface area contributed by atoms with Gasteiger partial charge in [-0.05, 0) is 19.9 Å². The molecule has 0 fully saturated rings. The van der Waals surface area contributed by atoms with Gasteiger partial charge in [0.15, 0.2) is 5.82 Å². The highest BCUT2D eigenvalue weighted by molar-refractivity contribution is 5.49. The third-order valence-electron chi connectivity index (χ3n) is 2.13. The van der Waals surface area contributed by atoms with E-state index < -0.39 is 0 Å². The fourth-order valence-corrected chi connectivity index (χ4v) is 1.35. The van der Waals surface area contributed by atoms with Crippen LogP contribution < -0.4 is 11.3 Å². The summed E-state index contributed by atoms with van der Waals surface area (Å²) >= 11 is 0. The number of aryl methyl sites for hydroxylation is 1. The van der Waals surface area contributed by atoms with Crippen molar-refractivity contribution in [2.45, 2.75) is 13.8 Å². The molecule has 6 nitrogen and oxygen atoms in total. The molecule has 0 saturated heterocycles. The number of hydrogen-bond acceptors (Lipinski definition) is 5. The monoisotopic (exact) mass is 204 g/mol. The fourth-order valence-electron chi connectivity index (χ4n) is 1.35. The van der Waals surface area contributed by atoms with Crippen molar-refractivity contribution in [3.63, 3.8) is 0 Å². The average Bonchev–Trinajstić information content (AvgIpc) is 2.65. The Hall–Kier alpha value is -1.95. The Kier molecular flexibility index (Phi) is 2.34. The number of nitrogen functional groups attached to an aromatic ring is 1. The lowest BCUT2D eigenvalue weighted by molar-refractivity contribution is 0.817.